The SMILES string of the molecule is COC(=O)c1ccc(CN(CCCCC(=O)O)CCc2ccccc2OCc2ccc(-c3ccccc3)cc2)nc1.Cl. The summed E-state index contributed by atoms with van der Waals surface area (Å²) in [5.41, 5.74) is 5.81. The molecule has 3 aromatic carbocycles. The first-order valence-electron chi connectivity index (χ1n) is 13.8. The Morgan fingerprint density at radius 3 is 2.24 bits per heavy atom. The minimum Gasteiger partial charge on any atom is -0.489 e. The maximum atomic E-state index is 11.8. The zero-order valence-electron chi connectivity index (χ0n) is 23.8. The Kier molecular flexibility index (Phi) is 13.0. The van der Waals surface area contributed by atoms with Gasteiger partial charge in [0.1, 0.15) is 12.4 Å². The van der Waals surface area contributed by atoms with Crippen molar-refractivity contribution in [3.05, 3.63) is 120 Å². The number of methoxy groups -OCH3 is 1. The van der Waals surface area contributed by atoms with Crippen molar-refractivity contribution in [2.24, 2.45) is 0 Å². The lowest BCUT2D eigenvalue weighted by atomic mass is 10.0. The van der Waals surface area contributed by atoms with Crippen LogP contribution in [0.4, 0.5) is 0 Å². The topological polar surface area (TPSA) is 89.0 Å². The summed E-state index contributed by atoms with van der Waals surface area (Å²) in [6, 6.07) is 30.4. The molecule has 0 unspecified atom stereocenters. The number of carbonyl (C=O) groups is 2. The van der Waals surface area contributed by atoms with Crippen LogP contribution >= 0.6 is 12.4 Å². The van der Waals surface area contributed by atoms with Gasteiger partial charge in [0, 0.05) is 25.7 Å². The van der Waals surface area contributed by atoms with Crippen molar-refractivity contribution in [2.75, 3.05) is 20.2 Å². The number of pyridine rings is 1. The molecule has 0 spiro atoms. The van der Waals surface area contributed by atoms with E-state index in [0.29, 0.717) is 25.1 Å². The van der Waals surface area contributed by atoms with E-state index in [1.807, 2.05) is 42.5 Å². The van der Waals surface area contributed by atoms with E-state index in [9.17, 15) is 9.59 Å². The Morgan fingerprint density at radius 2 is 1.55 bits per heavy atom. The van der Waals surface area contributed by atoms with Crippen molar-refractivity contribution >= 4 is 24.3 Å². The van der Waals surface area contributed by atoms with E-state index in [1.54, 1.807) is 6.07 Å². The van der Waals surface area contributed by atoms with Crippen LogP contribution in [0.2, 0.25) is 0 Å². The van der Waals surface area contributed by atoms with Crippen molar-refractivity contribution < 1.29 is 24.2 Å². The fourth-order valence-electron chi connectivity index (χ4n) is 4.58. The molecule has 0 amide bonds. The summed E-state index contributed by atoms with van der Waals surface area (Å²) < 4.78 is 11.0. The second kappa shape index (κ2) is 16.9. The Labute approximate surface area is 253 Å². The monoisotopic (exact) mass is 588 g/mol. The molecule has 0 bridgehead atoms. The number of aromatic nitrogens is 1. The molecule has 4 aromatic rings. The minimum atomic E-state index is -0.780. The van der Waals surface area contributed by atoms with Crippen molar-refractivity contribution in [2.45, 2.75) is 38.8 Å². The Hall–Kier alpha value is -4.20. The average molecular weight is 589 g/mol. The largest absolute Gasteiger partial charge is 0.489 e. The zero-order chi connectivity index (χ0) is 28.9. The summed E-state index contributed by atoms with van der Waals surface area (Å²) in [5.74, 6) is -0.346. The third-order valence-corrected chi connectivity index (χ3v) is 6.87. The lowest BCUT2D eigenvalue weighted by Crippen LogP contribution is -2.27. The van der Waals surface area contributed by atoms with Crippen LogP contribution in [0.15, 0.2) is 97.2 Å². The Bertz CT molecular complexity index is 1400. The number of carboxylic acid groups (broad SMARTS) is 1. The van der Waals surface area contributed by atoms with Crippen molar-refractivity contribution in [1.29, 1.82) is 0 Å². The molecule has 220 valence electrons. The summed E-state index contributed by atoms with van der Waals surface area (Å²) in [5, 5.41) is 9.01. The smallest absolute Gasteiger partial charge is 0.339 e. The standard InChI is InChI=1S/C34H36N2O5.ClH/c1-40-34(39)30-18-19-31(35-23-30)24-36(21-8-7-13-33(37)38)22-20-29-11-5-6-12-32(29)41-25-26-14-16-28(17-15-26)27-9-3-2-4-10-27;/h2-6,9-12,14-19,23H,7-8,13,20-22,24-25H2,1H3,(H,37,38);1H. The number of hydrogen-bond donors (Lipinski definition) is 1. The van der Waals surface area contributed by atoms with E-state index < -0.39 is 11.9 Å². The highest BCUT2D eigenvalue weighted by molar-refractivity contribution is 5.88. The Balaban J connectivity index is 0.00000484. The van der Waals surface area contributed by atoms with Crippen LogP contribution < -0.4 is 4.74 Å². The first-order chi connectivity index (χ1) is 20.0. The Morgan fingerprint density at radius 1 is 0.833 bits per heavy atom. The van der Waals surface area contributed by atoms with Crippen molar-refractivity contribution in [1.82, 2.24) is 9.88 Å². The molecule has 1 aromatic heterocycles. The van der Waals surface area contributed by atoms with Gasteiger partial charge >= 0.3 is 11.9 Å². The molecule has 0 saturated carbocycles. The number of unbranched alkanes of at least 4 members (excludes halogenated alkanes) is 1. The van der Waals surface area contributed by atoms with Crippen LogP contribution in [0.3, 0.4) is 0 Å². The predicted molar refractivity (Wildman–Crippen MR) is 166 cm³/mol. The number of para-hydroxylation sites is 1. The molecule has 7 nitrogen and oxygen atoms in total. The van der Waals surface area contributed by atoms with Crippen LogP contribution in [-0.4, -0.2) is 47.1 Å². The molecule has 0 aliphatic heterocycles. The van der Waals surface area contributed by atoms with Gasteiger partial charge < -0.3 is 14.6 Å². The van der Waals surface area contributed by atoms with E-state index >= 15 is 0 Å². The number of benzene rings is 3. The molecular weight excluding hydrogens is 552 g/mol. The van der Waals surface area contributed by atoms with Gasteiger partial charge in [-0.3, -0.25) is 14.7 Å². The maximum absolute atomic E-state index is 11.8. The number of carboxylic acids is 1. The van der Waals surface area contributed by atoms with Crippen molar-refractivity contribution in [3.8, 4) is 16.9 Å². The van der Waals surface area contributed by atoms with Crippen LogP contribution in [-0.2, 0) is 29.1 Å². The summed E-state index contributed by atoms with van der Waals surface area (Å²) in [6.07, 6.45) is 3.83. The lowest BCUT2D eigenvalue weighted by molar-refractivity contribution is -0.137. The van der Waals surface area contributed by atoms with E-state index in [1.165, 1.54) is 24.4 Å². The van der Waals surface area contributed by atoms with Gasteiger partial charge in [-0.1, -0.05) is 72.8 Å². The first kappa shape index (κ1) is 32.3. The number of ether oxygens (including phenoxy) is 2. The van der Waals surface area contributed by atoms with Gasteiger partial charge in [0.25, 0.3) is 0 Å². The number of hydrogen-bond acceptors (Lipinski definition) is 6. The number of halogens is 1. The number of esters is 1. The van der Waals surface area contributed by atoms with E-state index in [2.05, 4.69) is 52.3 Å². The fourth-order valence-corrected chi connectivity index (χ4v) is 4.58. The van der Waals surface area contributed by atoms with E-state index in [4.69, 9.17) is 14.6 Å². The summed E-state index contributed by atoms with van der Waals surface area (Å²) in [6.45, 7) is 2.55. The molecule has 42 heavy (non-hydrogen) atoms. The second-order valence-electron chi connectivity index (χ2n) is 9.87. The van der Waals surface area contributed by atoms with Crippen LogP contribution in [0.25, 0.3) is 11.1 Å². The van der Waals surface area contributed by atoms with Crippen LogP contribution in [0.1, 0.15) is 46.4 Å². The fraction of sp³-hybridized carbons (Fsp3) is 0.265. The van der Waals surface area contributed by atoms with E-state index in [0.717, 1.165) is 48.5 Å². The van der Waals surface area contributed by atoms with Gasteiger partial charge in [-0.15, -0.1) is 12.4 Å². The van der Waals surface area contributed by atoms with Crippen molar-refractivity contribution in [3.63, 3.8) is 0 Å². The molecule has 1 heterocycles. The maximum Gasteiger partial charge on any atom is 0.339 e. The number of rotatable bonds is 15. The summed E-state index contributed by atoms with van der Waals surface area (Å²) in [4.78, 5) is 29.4. The lowest BCUT2D eigenvalue weighted by Gasteiger charge is -2.23. The highest BCUT2D eigenvalue weighted by Crippen LogP contribution is 2.23. The molecule has 0 fully saturated rings. The molecular formula is C34H37ClN2O5. The second-order valence-corrected chi connectivity index (χ2v) is 9.87. The van der Waals surface area contributed by atoms with Gasteiger partial charge in [0.15, 0.2) is 0 Å². The normalized spacial score (nSPS) is 10.6. The molecule has 1 N–H and O–H groups in total. The third kappa shape index (κ3) is 10.0. The quantitative estimate of drug-likeness (QED) is 0.120. The van der Waals surface area contributed by atoms with Crippen LogP contribution in [0, 0.1) is 0 Å². The molecule has 8 heteroatoms. The molecule has 0 saturated heterocycles. The average Bonchev–Trinajstić information content (AvgIpc) is 3.01. The molecule has 0 aliphatic carbocycles. The molecule has 0 radical (unpaired) electrons. The minimum absolute atomic E-state index is 0. The number of nitrogens with zero attached hydrogens (tertiary/aromatic N) is 2. The highest BCUT2D eigenvalue weighted by Gasteiger charge is 2.12. The summed E-state index contributed by atoms with van der Waals surface area (Å²) >= 11 is 0. The number of aliphatic carboxylic acids is 1. The zero-order valence-corrected chi connectivity index (χ0v) is 24.6. The molecule has 0 aliphatic rings. The van der Waals surface area contributed by atoms with Gasteiger partial charge in [-0.2, -0.15) is 0 Å². The van der Waals surface area contributed by atoms with Gasteiger partial charge in [-0.25, -0.2) is 4.79 Å². The molecule has 4 rings (SSSR count). The first-order valence-corrected chi connectivity index (χ1v) is 13.8. The van der Waals surface area contributed by atoms with Gasteiger partial charge in [0.05, 0.1) is 18.4 Å². The van der Waals surface area contributed by atoms with Crippen LogP contribution in [0.5, 0.6) is 5.75 Å². The molecule has 0 atom stereocenters. The van der Waals surface area contributed by atoms with E-state index in [-0.39, 0.29) is 18.8 Å². The summed E-state index contributed by atoms with van der Waals surface area (Å²) in [7, 11) is 1.35. The number of carbonyl (C=O) groups excluding carboxylic acids is 1. The van der Waals surface area contributed by atoms with Gasteiger partial charge in [-0.05, 0) is 66.3 Å². The highest BCUT2D eigenvalue weighted by atomic mass is 35.5. The third-order valence-electron chi connectivity index (χ3n) is 6.87. The predicted octanol–water partition coefficient (Wildman–Crippen LogP) is 6.84. The van der Waals surface area contributed by atoms with Gasteiger partial charge in [0.2, 0.25) is 0 Å².